The average molecular weight is 2080 g/mol. The average Bonchev–Trinajstić information content (AvgIpc) is 1.65. The molecule has 12 N–H and O–H groups in total. The van der Waals surface area contributed by atoms with Gasteiger partial charge in [-0.3, -0.25) is 58.3 Å². The number of hydrogen-bond acceptors (Lipinski definition) is 30. The van der Waals surface area contributed by atoms with E-state index in [0.717, 1.165) is 130 Å². The van der Waals surface area contributed by atoms with Crippen LogP contribution in [0.25, 0.3) is 54.8 Å². The number of nitriles is 1. The van der Waals surface area contributed by atoms with Gasteiger partial charge in [-0.1, -0.05) is 96.6 Å². The van der Waals surface area contributed by atoms with Crippen molar-refractivity contribution in [2.75, 3.05) is 65.6 Å². The van der Waals surface area contributed by atoms with Crippen molar-refractivity contribution in [2.24, 2.45) is 59.5 Å². The molecule has 21 rings (SSSR count). The third kappa shape index (κ3) is 21.6. The second kappa shape index (κ2) is 43.3. The van der Waals surface area contributed by atoms with E-state index in [4.69, 9.17) is 64.7 Å². The highest BCUT2D eigenvalue weighted by Gasteiger charge is 2.52. The lowest BCUT2D eigenvalue weighted by atomic mass is 9.77. The van der Waals surface area contributed by atoms with E-state index >= 15 is 0 Å². The standard InChI is InChI=1S/C33H38N6O3S.C23H21N5O2S.C21H22N6O.C17H17ClN4O.C16H14FN5OS/c1-21(40)38-13-11-22(12-14-38)19-39-31(41)33(2,37-32(39)34)25-6-4-5-23(15-25)28-17-27(42-3)9-7-24(28)18-35-26-8-10-29-30(16-26)43-20-36-29;1-13-4-6-17(27-26-13)16-11-19(31-12-16)23(2)20(21(29)28(3)22(24)25-23)15-5-7-18-14(10-15)8-9-30-18;1-3-27-18(12-13-23-27)24-17-11-7-10-16(14-17)21(15-8-5-4-6-9-15)19(28)26(2)20(22)25-21;1-17(10-15(23)22(2)16(19)21-17)14-9-12(6-7-20-14)11-4-3-5-13(18)8-11;1-16(6-13(23)22(2)15(19)21-16)14-20-12(8-24-14)9-3-4-11(17)10(5-9)7-18/h4-10,16-17,20,22-23,35H,11-15,18-19H2,1-3H3,(H2,34,37);4-12,20H,1-3H3,(H2,24,25);4-14,24H,3H2,1-2H3,(H2,22,25);3-9H,10H2,1-2H3,(H2,19,21);3-5,8H,6H2,1-2H3,(H2,19,21)/t;20?,23-;;17-;16-/m.1.00/s1. The number of aromatic nitrogens is 7. The molecular weight excluding hydrogens is 1960 g/mol. The fourth-order valence-corrected chi connectivity index (χ4v) is 21.9. The first-order valence-corrected chi connectivity index (χ1v) is 51.2. The molecule has 1 aliphatic carbocycles. The number of allylic oxidation sites excluding steroid dienone is 3. The number of likely N-dealkylation sites (N-methyl/N-ethyl adjacent to an activating group) is 2. The van der Waals surface area contributed by atoms with Crippen LogP contribution < -0.4 is 44.0 Å². The monoisotopic (exact) mass is 2070 g/mol. The molecule has 762 valence electrons. The Kier molecular flexibility index (Phi) is 30.2. The molecule has 0 bridgehead atoms. The summed E-state index contributed by atoms with van der Waals surface area (Å²) in [6.07, 6.45) is 14.1. The van der Waals surface area contributed by atoms with Gasteiger partial charge >= 0.3 is 0 Å². The van der Waals surface area contributed by atoms with E-state index in [2.05, 4.69) is 86.2 Å². The van der Waals surface area contributed by atoms with E-state index in [9.17, 15) is 33.2 Å². The maximum atomic E-state index is 13.9. The number of pyridine rings is 1. The van der Waals surface area contributed by atoms with Gasteiger partial charge in [-0.15, -0.1) is 34.0 Å². The number of hydrogen-bond donors (Lipinski definition) is 7. The molecule has 4 unspecified atom stereocenters. The van der Waals surface area contributed by atoms with Crippen molar-refractivity contribution in [3.8, 4) is 45.5 Å². The molecule has 7 aromatic carbocycles. The van der Waals surface area contributed by atoms with Crippen LogP contribution in [0.5, 0.6) is 5.75 Å². The van der Waals surface area contributed by atoms with Gasteiger partial charge in [0, 0.05) is 135 Å². The molecule has 7 aromatic heterocycles. The molecule has 6 amide bonds. The van der Waals surface area contributed by atoms with Crippen LogP contribution in [-0.4, -0.2) is 190 Å². The second-order valence-electron chi connectivity index (χ2n) is 37.9. The quantitative estimate of drug-likeness (QED) is 0.0372. The maximum Gasteiger partial charge on any atom is 0.266 e. The predicted molar refractivity (Wildman–Crippen MR) is 581 cm³/mol. The smallest absolute Gasteiger partial charge is 0.266 e. The summed E-state index contributed by atoms with van der Waals surface area (Å²) in [5.41, 5.74) is 43.2. The Labute approximate surface area is 877 Å². The number of nitrogens with zero attached hydrogens (tertiary/aromatic N) is 19. The van der Waals surface area contributed by atoms with Crippen LogP contribution in [0.4, 0.5) is 21.6 Å². The molecular formula is C110H112ClFN26O8S3. The maximum absolute atomic E-state index is 13.9. The molecule has 0 spiro atoms. The van der Waals surface area contributed by atoms with E-state index in [1.54, 1.807) is 107 Å². The number of methoxy groups -OCH3 is 1. The van der Waals surface area contributed by atoms with E-state index in [1.807, 2.05) is 225 Å². The summed E-state index contributed by atoms with van der Waals surface area (Å²) in [6.45, 7) is 16.4. The van der Waals surface area contributed by atoms with Gasteiger partial charge in [0.15, 0.2) is 40.9 Å². The summed E-state index contributed by atoms with van der Waals surface area (Å²) in [4.78, 5) is 123. The number of thiazole rings is 2. The van der Waals surface area contributed by atoms with Crippen molar-refractivity contribution < 1.29 is 42.3 Å². The molecule has 1 fully saturated rings. The predicted octanol–water partition coefficient (Wildman–Crippen LogP) is 16.8. The zero-order valence-electron chi connectivity index (χ0n) is 84.1. The first kappa shape index (κ1) is 104. The molecule has 7 aliphatic rings. The Balaban J connectivity index is 0.000000129. The van der Waals surface area contributed by atoms with Gasteiger partial charge in [0.05, 0.1) is 82.4 Å². The van der Waals surface area contributed by atoms with Gasteiger partial charge in [0.1, 0.15) is 50.7 Å². The zero-order chi connectivity index (χ0) is 106. The van der Waals surface area contributed by atoms with Crippen LogP contribution >= 0.6 is 45.6 Å². The SMILES string of the molecule is CCn1nccc1Nc1cccc(C2(c3ccccc3)N=C(N)N(C)C2=O)c1.CN1C(=O)C[C@@](C)(c2cc(-c3cccc(Cl)c3)ccn2)N=C1N.CN1C(=O)C[C@@](C)(c2nc(-c3ccc(F)c(C#N)c3)cs2)N=C1N.COc1ccc(CNc2ccc3ncsc3c2)c(C2C=CC=C(C3(C)N=C(N)N(CC4CCN(C(C)=O)CC4)C3=O)C2)c1.Cc1ccc(-c2csc([C@@]3(C)N=C(N)N(C)C(=O)C3c3ccc4occc4c3)c2)nn1. The van der Waals surface area contributed by atoms with Crippen LogP contribution in [0.2, 0.25) is 5.02 Å². The van der Waals surface area contributed by atoms with E-state index in [1.165, 1.54) is 43.1 Å². The Morgan fingerprint density at radius 1 is 0.651 bits per heavy atom. The summed E-state index contributed by atoms with van der Waals surface area (Å²) in [5.74, 6) is 1.50. The molecule has 6 aliphatic heterocycles. The van der Waals surface area contributed by atoms with Gasteiger partial charge in [0.25, 0.3) is 11.8 Å². The molecule has 149 heavy (non-hydrogen) atoms. The molecule has 14 aromatic rings. The van der Waals surface area contributed by atoms with E-state index < -0.39 is 39.4 Å². The second-order valence-corrected chi connectivity index (χ2v) is 40.9. The van der Waals surface area contributed by atoms with Gasteiger partial charge in [-0.2, -0.15) is 20.6 Å². The number of anilines is 3. The lowest BCUT2D eigenvalue weighted by Gasteiger charge is -2.40. The third-order valence-corrected chi connectivity index (χ3v) is 31.1. The number of rotatable bonds is 20. The number of halogens is 2. The first-order chi connectivity index (χ1) is 71.4. The minimum Gasteiger partial charge on any atom is -0.497 e. The number of carbonyl (C=O) groups excluding carboxylic acids is 6. The Morgan fingerprint density at radius 3 is 2.09 bits per heavy atom. The van der Waals surface area contributed by atoms with Crippen LogP contribution in [0, 0.1) is 30.0 Å². The van der Waals surface area contributed by atoms with Crippen molar-refractivity contribution in [3.05, 3.63) is 318 Å². The van der Waals surface area contributed by atoms with Gasteiger partial charge in [0.2, 0.25) is 23.6 Å². The number of piperidine rings is 1. The number of aliphatic imine (C=N–C) groups is 5. The lowest BCUT2D eigenvalue weighted by Crippen LogP contribution is -2.52. The van der Waals surface area contributed by atoms with Gasteiger partial charge < -0.3 is 53.4 Å². The van der Waals surface area contributed by atoms with Crippen LogP contribution in [0.3, 0.4) is 0 Å². The fourth-order valence-electron chi connectivity index (χ4n) is 19.1. The summed E-state index contributed by atoms with van der Waals surface area (Å²) >= 11 is 10.6. The van der Waals surface area contributed by atoms with Crippen LogP contribution in [0.1, 0.15) is 140 Å². The molecule has 0 radical (unpaired) electrons. The molecule has 1 saturated heterocycles. The largest absolute Gasteiger partial charge is 0.497 e. The normalized spacial score (nSPS) is 21.2. The number of fused-ring (bicyclic) bond motifs is 2. The number of nitrogens with two attached hydrogens (primary N) is 5. The Bertz CT molecular complexity index is 7770. The highest BCUT2D eigenvalue weighted by Crippen LogP contribution is 2.50. The number of ether oxygens (including phenoxy) is 1. The summed E-state index contributed by atoms with van der Waals surface area (Å²) in [7, 11) is 8.18. The van der Waals surface area contributed by atoms with Crippen molar-refractivity contribution in [3.63, 3.8) is 0 Å². The summed E-state index contributed by atoms with van der Waals surface area (Å²) < 4.78 is 27.5. The first-order valence-electron chi connectivity index (χ1n) is 48.2. The number of furan rings is 1. The number of benzene rings is 7. The molecule has 13 heterocycles. The molecule has 34 nitrogen and oxygen atoms in total. The van der Waals surface area contributed by atoms with Crippen LogP contribution in [-0.2, 0) is 64.0 Å². The summed E-state index contributed by atoms with van der Waals surface area (Å²) in [5, 5.41) is 34.7. The highest BCUT2D eigenvalue weighted by atomic mass is 35.5. The minimum atomic E-state index is -1.19. The highest BCUT2D eigenvalue weighted by molar-refractivity contribution is 7.16. The number of amides is 6. The Hall–Kier alpha value is -16.5. The van der Waals surface area contributed by atoms with E-state index in [-0.39, 0.29) is 95.5 Å². The molecule has 0 saturated carbocycles. The van der Waals surface area contributed by atoms with Crippen molar-refractivity contribution >= 4 is 149 Å². The van der Waals surface area contributed by atoms with Gasteiger partial charge in [-0.25, -0.2) is 44.0 Å². The van der Waals surface area contributed by atoms with Gasteiger partial charge in [-0.05, 0) is 233 Å². The summed E-state index contributed by atoms with van der Waals surface area (Å²) in [6, 6.07) is 62.6. The number of likely N-dealkylation sites (tertiary alicyclic amines) is 1. The Morgan fingerprint density at radius 2 is 1.38 bits per heavy atom. The number of thiophene rings is 1. The van der Waals surface area contributed by atoms with Crippen molar-refractivity contribution in [1.29, 1.82) is 5.26 Å². The zero-order valence-corrected chi connectivity index (χ0v) is 87.3. The fraction of sp³-hybridized carbons (Fsp3) is 0.273. The van der Waals surface area contributed by atoms with Crippen molar-refractivity contribution in [2.45, 2.75) is 133 Å². The van der Waals surface area contributed by atoms with E-state index in [0.29, 0.717) is 59.6 Å². The topological polar surface area (TPSA) is 466 Å². The minimum absolute atomic E-state index is 0.0370. The number of guanidine groups is 5. The molecule has 7 atom stereocenters. The number of nitrogens with one attached hydrogen (secondary N) is 2. The molecule has 39 heteroatoms. The number of aryl methyl sites for hydroxylation is 2. The number of carbonyl (C=O) groups is 6. The lowest BCUT2D eigenvalue weighted by molar-refractivity contribution is -0.132. The van der Waals surface area contributed by atoms with Crippen LogP contribution in [0.15, 0.2) is 282 Å². The third-order valence-electron chi connectivity index (χ3n) is 27.8. The van der Waals surface area contributed by atoms with Crippen molar-refractivity contribution in [1.82, 2.24) is 64.3 Å².